The van der Waals surface area contributed by atoms with Gasteiger partial charge in [0, 0.05) is 42.7 Å². The van der Waals surface area contributed by atoms with Crippen LogP contribution in [-0.2, 0) is 23.1 Å². The van der Waals surface area contributed by atoms with E-state index in [-0.39, 0.29) is 30.5 Å². The second-order valence-corrected chi connectivity index (χ2v) is 12.3. The molecule has 282 valence electrons. The van der Waals surface area contributed by atoms with E-state index in [9.17, 15) is 14.4 Å². The Balaban J connectivity index is 1.21. The molecule has 5 rings (SSSR count). The number of unbranched alkanes of at least 4 members (excludes halogenated alkanes) is 3. The molecule has 0 unspecified atom stereocenters. The van der Waals surface area contributed by atoms with Gasteiger partial charge >= 0.3 is 12.1 Å². The molecule has 0 fully saturated rings. The van der Waals surface area contributed by atoms with Crippen LogP contribution in [0.1, 0.15) is 60.8 Å². The zero-order valence-electron chi connectivity index (χ0n) is 30.9. The number of pyridine rings is 1. The molecule has 0 aliphatic heterocycles. The highest BCUT2D eigenvalue weighted by Gasteiger charge is 2.22. The van der Waals surface area contributed by atoms with Gasteiger partial charge in [-0.2, -0.15) is 0 Å². The minimum Gasteiger partial charge on any atom is -0.497 e. The van der Waals surface area contributed by atoms with Gasteiger partial charge in [0.1, 0.15) is 23.2 Å². The summed E-state index contributed by atoms with van der Waals surface area (Å²) in [7, 11) is 4.90. The van der Waals surface area contributed by atoms with Crippen molar-refractivity contribution in [3.8, 4) is 17.2 Å². The molecule has 0 bridgehead atoms. The molecular weight excluding hydrogens is 690 g/mol. The summed E-state index contributed by atoms with van der Waals surface area (Å²) in [5.41, 5.74) is 3.17. The van der Waals surface area contributed by atoms with Crippen LogP contribution >= 0.6 is 0 Å². The predicted octanol–water partition coefficient (Wildman–Crippen LogP) is 6.87. The van der Waals surface area contributed by atoms with Crippen LogP contribution in [0.4, 0.5) is 16.3 Å². The lowest BCUT2D eigenvalue weighted by Crippen LogP contribution is -2.34. The Morgan fingerprint density at radius 2 is 1.69 bits per heavy atom. The Kier molecular flexibility index (Phi) is 13.6. The van der Waals surface area contributed by atoms with Gasteiger partial charge in [0.25, 0.3) is 5.91 Å². The summed E-state index contributed by atoms with van der Waals surface area (Å²) in [6.07, 6.45) is 4.84. The van der Waals surface area contributed by atoms with Gasteiger partial charge in [0.15, 0.2) is 11.5 Å². The van der Waals surface area contributed by atoms with E-state index in [1.165, 1.54) is 19.1 Å². The molecule has 3 aromatic carbocycles. The quantitative estimate of drug-likeness (QED) is 0.0301. The maximum absolute atomic E-state index is 14.0. The van der Waals surface area contributed by atoms with E-state index in [0.29, 0.717) is 47.1 Å². The highest BCUT2D eigenvalue weighted by atomic mass is 16.6. The number of methoxy groups -OCH3 is 2. The maximum Gasteiger partial charge on any atom is 0.412 e. The van der Waals surface area contributed by atoms with Crippen molar-refractivity contribution in [3.05, 3.63) is 102 Å². The number of esters is 1. The summed E-state index contributed by atoms with van der Waals surface area (Å²) < 4.78 is 23.2. The van der Waals surface area contributed by atoms with Gasteiger partial charge in [0.2, 0.25) is 0 Å². The number of imidazole rings is 1. The smallest absolute Gasteiger partial charge is 0.412 e. The molecule has 54 heavy (non-hydrogen) atoms. The van der Waals surface area contributed by atoms with E-state index in [4.69, 9.17) is 29.3 Å². The monoisotopic (exact) mass is 735 g/mol. The van der Waals surface area contributed by atoms with Crippen LogP contribution in [-0.4, -0.2) is 65.7 Å². The number of aromatic nitrogens is 3. The van der Waals surface area contributed by atoms with Crippen LogP contribution in [0.5, 0.6) is 17.2 Å². The second kappa shape index (κ2) is 18.9. The van der Waals surface area contributed by atoms with Crippen LogP contribution in [0.15, 0.2) is 85.1 Å². The van der Waals surface area contributed by atoms with Crippen LogP contribution in [0.25, 0.3) is 11.0 Å². The molecule has 14 heteroatoms. The lowest BCUT2D eigenvalue weighted by Gasteiger charge is -2.21. The van der Waals surface area contributed by atoms with Crippen molar-refractivity contribution in [3.63, 3.8) is 0 Å². The summed E-state index contributed by atoms with van der Waals surface area (Å²) in [5, 5.41) is 14.0. The molecule has 0 spiro atoms. The first-order valence-electron chi connectivity index (χ1n) is 17.7. The third-order valence-electron chi connectivity index (χ3n) is 8.61. The van der Waals surface area contributed by atoms with Gasteiger partial charge in [-0.15, -0.1) is 0 Å². The van der Waals surface area contributed by atoms with E-state index < -0.39 is 12.1 Å². The van der Waals surface area contributed by atoms with Gasteiger partial charge < -0.3 is 28.8 Å². The topological polar surface area (TPSA) is 170 Å². The van der Waals surface area contributed by atoms with E-state index in [2.05, 4.69) is 22.5 Å². The number of hydrogen-bond donors (Lipinski definition) is 3. The molecule has 0 atom stereocenters. The highest BCUT2D eigenvalue weighted by Crippen LogP contribution is 2.31. The number of nitrogens with zero attached hydrogens (tertiary/aromatic N) is 4. The maximum atomic E-state index is 14.0. The Morgan fingerprint density at radius 1 is 0.889 bits per heavy atom. The summed E-state index contributed by atoms with van der Waals surface area (Å²) in [4.78, 5) is 49.5. The lowest BCUT2D eigenvalue weighted by atomic mass is 10.1. The minimum atomic E-state index is -0.637. The summed E-state index contributed by atoms with van der Waals surface area (Å²) in [6.45, 7) is 2.84. The molecule has 0 saturated heterocycles. The average molecular weight is 736 g/mol. The second-order valence-electron chi connectivity index (χ2n) is 12.3. The van der Waals surface area contributed by atoms with Gasteiger partial charge in [0.05, 0.1) is 44.8 Å². The van der Waals surface area contributed by atoms with E-state index in [0.717, 1.165) is 42.7 Å². The summed E-state index contributed by atoms with van der Waals surface area (Å²) >= 11 is 0. The third-order valence-corrected chi connectivity index (χ3v) is 8.61. The number of amides is 2. The number of ether oxygens (including phenoxy) is 4. The first kappa shape index (κ1) is 38.8. The molecule has 14 nitrogen and oxygen atoms in total. The highest BCUT2D eigenvalue weighted by molar-refractivity contribution is 6.07. The van der Waals surface area contributed by atoms with E-state index in [1.807, 2.05) is 29.8 Å². The fourth-order valence-corrected chi connectivity index (χ4v) is 5.61. The van der Waals surface area contributed by atoms with Gasteiger partial charge in [-0.1, -0.05) is 32.3 Å². The molecular formula is C40H45N7O7. The van der Waals surface area contributed by atoms with Gasteiger partial charge in [-0.3, -0.25) is 25.2 Å². The van der Waals surface area contributed by atoms with Crippen molar-refractivity contribution in [2.45, 2.75) is 45.6 Å². The summed E-state index contributed by atoms with van der Waals surface area (Å²) in [6, 6.07) is 22.5. The number of aryl methyl sites for hydroxylation is 1. The number of carbonyl (C=O) groups excluding carboxylic acids is 3. The Bertz CT molecular complexity index is 2070. The van der Waals surface area contributed by atoms with Crippen molar-refractivity contribution in [2.75, 3.05) is 37.6 Å². The number of fused-ring (bicyclic) bond motifs is 1. The molecule has 2 amide bonds. The minimum absolute atomic E-state index is 0.0140. The Labute approximate surface area is 313 Å². The molecule has 2 heterocycles. The van der Waals surface area contributed by atoms with Crippen LogP contribution in [0.2, 0.25) is 0 Å². The molecule has 3 N–H and O–H groups in total. The molecule has 2 aromatic heterocycles. The summed E-state index contributed by atoms with van der Waals surface area (Å²) in [5.74, 6) is 1.30. The number of benzene rings is 3. The number of carbonyl (C=O) groups is 3. The number of rotatable bonds is 17. The van der Waals surface area contributed by atoms with E-state index in [1.54, 1.807) is 66.9 Å². The van der Waals surface area contributed by atoms with Gasteiger partial charge in [-0.25, -0.2) is 14.8 Å². The average Bonchev–Trinajstić information content (AvgIpc) is 3.51. The largest absolute Gasteiger partial charge is 0.497 e. The van der Waals surface area contributed by atoms with Crippen molar-refractivity contribution < 1.29 is 33.3 Å². The lowest BCUT2D eigenvalue weighted by molar-refractivity contribution is -0.134. The van der Waals surface area contributed by atoms with Crippen LogP contribution in [0.3, 0.4) is 0 Å². The Morgan fingerprint density at radius 3 is 2.41 bits per heavy atom. The van der Waals surface area contributed by atoms with Crippen molar-refractivity contribution in [1.82, 2.24) is 19.9 Å². The SMILES string of the molecule is CCCCCCOC(=O)NC(=N)c1ccc(NCc2nc3cc(C(=O)N(CCC(=O)Oc4ccc(OC)cc4OC)c4ccccn4)ccc3n2C)cc1. The fraction of sp³-hybridized carbons (Fsp3) is 0.300. The molecule has 0 aliphatic carbocycles. The number of alkyl carbamates (subject to hydrolysis) is 1. The first-order chi connectivity index (χ1) is 26.2. The zero-order valence-corrected chi connectivity index (χ0v) is 30.9. The molecule has 0 aliphatic rings. The molecule has 0 saturated carbocycles. The normalized spacial score (nSPS) is 10.7. The van der Waals surface area contributed by atoms with Crippen molar-refractivity contribution in [2.24, 2.45) is 7.05 Å². The van der Waals surface area contributed by atoms with Crippen molar-refractivity contribution >= 4 is 46.3 Å². The fourth-order valence-electron chi connectivity index (χ4n) is 5.61. The number of amidine groups is 1. The third kappa shape index (κ3) is 10.1. The van der Waals surface area contributed by atoms with E-state index >= 15 is 0 Å². The number of anilines is 2. The Hall–Kier alpha value is -6.44. The molecule has 0 radical (unpaired) electrons. The number of nitrogens with one attached hydrogen (secondary N) is 3. The van der Waals surface area contributed by atoms with Gasteiger partial charge in [-0.05, 0) is 73.2 Å². The van der Waals surface area contributed by atoms with Crippen LogP contribution in [0, 0.1) is 5.41 Å². The zero-order chi connectivity index (χ0) is 38.5. The molecule has 5 aromatic rings. The van der Waals surface area contributed by atoms with Crippen LogP contribution < -0.4 is 29.7 Å². The number of hydrogen-bond acceptors (Lipinski definition) is 11. The van der Waals surface area contributed by atoms with Crippen molar-refractivity contribution in [1.29, 1.82) is 5.41 Å². The standard InChI is InChI=1S/C40H45N7O7/c1-5-6-7-10-23-53-40(50)45-38(41)27-12-15-29(16-13-27)43-26-36-44-31-24-28(14-18-32(31)46(36)2)39(49)47(35-11-8-9-21-42-35)22-20-37(48)54-33-19-17-30(51-3)25-34(33)52-4/h8-9,11-19,21,24-25,43H,5-7,10,20,22-23,26H2,1-4H3,(H2,41,45,50). The first-order valence-corrected chi connectivity index (χ1v) is 17.7. The predicted molar refractivity (Wildman–Crippen MR) is 206 cm³/mol.